The van der Waals surface area contributed by atoms with Crippen LogP contribution in [0.1, 0.15) is 0 Å². The molecule has 9 nitrogen and oxygen atoms in total. The quantitative estimate of drug-likeness (QED) is 0.329. The van der Waals surface area contributed by atoms with Gasteiger partial charge in [-0.1, -0.05) is 0 Å². The molecule has 1 saturated heterocycles. The predicted octanol–water partition coefficient (Wildman–Crippen LogP) is -2.73. The molecule has 0 aliphatic carbocycles. The van der Waals surface area contributed by atoms with Gasteiger partial charge in [-0.05, 0) is 12.1 Å². The number of hydrogen-bond acceptors (Lipinski definition) is 8. The summed E-state index contributed by atoms with van der Waals surface area (Å²) in [6.07, 6.45) is -6.86. The predicted molar refractivity (Wildman–Crippen MR) is 66.6 cm³/mol. The van der Waals surface area contributed by atoms with Gasteiger partial charge in [-0.2, -0.15) is 5.23 Å². The molecule has 0 aromatic heterocycles. The molecule has 1 aliphatic heterocycles. The largest absolute Gasteiger partial charge is 0.595 e. The molecule has 1 aromatic carbocycles. The molecular weight excluding hydrogens is 286 g/mol. The summed E-state index contributed by atoms with van der Waals surface area (Å²) in [6, 6.07) is 5.35. The molecule has 0 spiro atoms. The highest BCUT2D eigenvalue weighted by molar-refractivity contribution is 5.35. The van der Waals surface area contributed by atoms with E-state index in [0.717, 1.165) is 0 Å². The number of aliphatic hydroxyl groups excluding tert-OH is 4. The highest BCUT2D eigenvalue weighted by Crippen LogP contribution is 2.24. The van der Waals surface area contributed by atoms with Gasteiger partial charge in [0.1, 0.15) is 30.2 Å². The minimum atomic E-state index is -1.53. The maximum atomic E-state index is 10.7. The van der Waals surface area contributed by atoms with E-state index in [4.69, 9.17) is 19.8 Å². The Bertz CT molecular complexity index is 451. The Hall–Kier alpha value is -1.30. The molecule has 1 fully saturated rings. The van der Waals surface area contributed by atoms with Crippen LogP contribution in [0, 0.1) is 5.21 Å². The van der Waals surface area contributed by atoms with Crippen LogP contribution in [0.3, 0.4) is 0 Å². The Kier molecular flexibility index (Phi) is 5.08. The molecule has 2 rings (SSSR count). The zero-order chi connectivity index (χ0) is 15.6. The SMILES string of the molecule is [O-][NH+](O)c1ccc(O[C@H]2O[C@H](CO)[C@@H](O)[C@H](O)[C@H]2O)cc1. The fraction of sp³-hybridized carbons (Fsp3) is 0.500. The molecule has 0 bridgehead atoms. The van der Waals surface area contributed by atoms with Crippen molar-refractivity contribution in [2.75, 3.05) is 6.61 Å². The van der Waals surface area contributed by atoms with Crippen LogP contribution >= 0.6 is 0 Å². The van der Waals surface area contributed by atoms with Crippen molar-refractivity contribution in [2.45, 2.75) is 30.7 Å². The minimum absolute atomic E-state index is 0.0659. The number of quaternary nitrogens is 1. The van der Waals surface area contributed by atoms with Gasteiger partial charge < -0.3 is 35.1 Å². The summed E-state index contributed by atoms with van der Waals surface area (Å²) in [6.45, 7) is -0.553. The Morgan fingerprint density at radius 2 is 1.71 bits per heavy atom. The maximum Gasteiger partial charge on any atom is 0.229 e. The summed E-state index contributed by atoms with van der Waals surface area (Å²) >= 11 is 0. The summed E-state index contributed by atoms with van der Waals surface area (Å²) in [5.41, 5.74) is 0.0659. The molecule has 1 heterocycles. The van der Waals surface area contributed by atoms with E-state index in [1.807, 2.05) is 0 Å². The first-order chi connectivity index (χ1) is 9.93. The van der Waals surface area contributed by atoms with Crippen LogP contribution in [-0.4, -0.2) is 62.9 Å². The lowest BCUT2D eigenvalue weighted by Crippen LogP contribution is -2.99. The van der Waals surface area contributed by atoms with Gasteiger partial charge in [-0.15, -0.1) is 0 Å². The molecule has 1 unspecified atom stereocenters. The standard InChI is InChI=1S/C12H17NO8/c14-5-8-9(15)10(16)11(17)12(21-8)20-7-3-1-6(2-4-7)13(18)19/h1-4,8-18H,5H2/t8-,9-,10+,11-,12+/m1/s1. The second kappa shape index (κ2) is 6.64. The lowest BCUT2D eigenvalue weighted by molar-refractivity contribution is -0.991. The molecule has 0 amide bonds. The van der Waals surface area contributed by atoms with E-state index in [-0.39, 0.29) is 11.4 Å². The summed E-state index contributed by atoms with van der Waals surface area (Å²) in [7, 11) is 0. The normalized spacial score (nSPS) is 34.5. The van der Waals surface area contributed by atoms with Crippen molar-refractivity contribution in [1.82, 2.24) is 0 Å². The van der Waals surface area contributed by atoms with E-state index >= 15 is 0 Å². The molecule has 9 heteroatoms. The minimum Gasteiger partial charge on any atom is -0.595 e. The Morgan fingerprint density at radius 1 is 1.10 bits per heavy atom. The molecule has 6 N–H and O–H groups in total. The third-order valence-corrected chi connectivity index (χ3v) is 3.20. The lowest BCUT2D eigenvalue weighted by atomic mass is 9.99. The lowest BCUT2D eigenvalue weighted by Gasteiger charge is -2.39. The highest BCUT2D eigenvalue weighted by Gasteiger charge is 2.44. The number of ether oxygens (including phenoxy) is 2. The number of rotatable bonds is 4. The molecule has 0 saturated carbocycles. The molecule has 0 radical (unpaired) electrons. The van der Waals surface area contributed by atoms with Gasteiger partial charge in [0.2, 0.25) is 6.29 Å². The van der Waals surface area contributed by atoms with Crippen molar-refractivity contribution in [1.29, 1.82) is 0 Å². The first-order valence-corrected chi connectivity index (χ1v) is 6.24. The van der Waals surface area contributed by atoms with Gasteiger partial charge in [0, 0.05) is 12.1 Å². The van der Waals surface area contributed by atoms with E-state index in [9.17, 15) is 20.5 Å². The fourth-order valence-corrected chi connectivity index (χ4v) is 1.97. The van der Waals surface area contributed by atoms with Crippen molar-refractivity contribution in [3.63, 3.8) is 0 Å². The van der Waals surface area contributed by atoms with Crippen molar-refractivity contribution in [3.05, 3.63) is 29.5 Å². The topological polar surface area (TPSA) is 147 Å². The average molecular weight is 303 g/mol. The number of hydrogen-bond donors (Lipinski definition) is 6. The molecule has 1 aromatic rings. The van der Waals surface area contributed by atoms with Gasteiger partial charge in [0.25, 0.3) is 0 Å². The van der Waals surface area contributed by atoms with E-state index < -0.39 is 42.5 Å². The third-order valence-electron chi connectivity index (χ3n) is 3.20. The second-order valence-corrected chi connectivity index (χ2v) is 4.64. The van der Waals surface area contributed by atoms with Crippen molar-refractivity contribution >= 4 is 5.69 Å². The first-order valence-electron chi connectivity index (χ1n) is 6.24. The Labute approximate surface area is 119 Å². The zero-order valence-corrected chi connectivity index (χ0v) is 10.9. The van der Waals surface area contributed by atoms with Crippen LogP contribution in [0.25, 0.3) is 0 Å². The number of benzene rings is 1. The molecule has 1 aliphatic rings. The molecular formula is C12H17NO8. The molecule has 6 atom stereocenters. The van der Waals surface area contributed by atoms with Crippen molar-refractivity contribution < 1.29 is 40.3 Å². The Balaban J connectivity index is 2.07. The summed E-state index contributed by atoms with van der Waals surface area (Å²) < 4.78 is 10.5. The maximum absolute atomic E-state index is 10.7. The third kappa shape index (κ3) is 3.48. The summed E-state index contributed by atoms with van der Waals surface area (Å²) in [5.74, 6) is 0.212. The van der Waals surface area contributed by atoms with E-state index in [0.29, 0.717) is 0 Å². The van der Waals surface area contributed by atoms with Crippen LogP contribution in [0.2, 0.25) is 0 Å². The van der Waals surface area contributed by atoms with E-state index in [1.165, 1.54) is 24.3 Å². The average Bonchev–Trinajstić information content (AvgIpc) is 2.48. The Morgan fingerprint density at radius 3 is 2.24 bits per heavy atom. The zero-order valence-electron chi connectivity index (χ0n) is 10.9. The van der Waals surface area contributed by atoms with Gasteiger partial charge in [-0.3, -0.25) is 0 Å². The van der Waals surface area contributed by atoms with Gasteiger partial charge in [0.15, 0.2) is 5.69 Å². The highest BCUT2D eigenvalue weighted by atomic mass is 16.8. The van der Waals surface area contributed by atoms with Gasteiger partial charge in [-0.25, -0.2) is 5.21 Å². The van der Waals surface area contributed by atoms with E-state index in [2.05, 4.69) is 0 Å². The van der Waals surface area contributed by atoms with Gasteiger partial charge >= 0.3 is 0 Å². The second-order valence-electron chi connectivity index (χ2n) is 4.64. The summed E-state index contributed by atoms with van der Waals surface area (Å²) in [5, 5.41) is 56.5. The van der Waals surface area contributed by atoms with Crippen LogP contribution < -0.4 is 9.96 Å². The van der Waals surface area contributed by atoms with Crippen molar-refractivity contribution in [3.8, 4) is 5.75 Å². The number of nitrogens with one attached hydrogen (secondary N) is 1. The monoisotopic (exact) mass is 303 g/mol. The fourth-order valence-electron chi connectivity index (χ4n) is 1.97. The first kappa shape index (κ1) is 16.1. The number of aliphatic hydroxyl groups is 4. The smallest absolute Gasteiger partial charge is 0.229 e. The molecule has 21 heavy (non-hydrogen) atoms. The van der Waals surface area contributed by atoms with E-state index in [1.54, 1.807) is 0 Å². The van der Waals surface area contributed by atoms with Crippen LogP contribution in [-0.2, 0) is 4.74 Å². The molecule has 118 valence electrons. The van der Waals surface area contributed by atoms with Crippen LogP contribution in [0.5, 0.6) is 5.75 Å². The van der Waals surface area contributed by atoms with Gasteiger partial charge in [0.05, 0.1) is 6.61 Å². The van der Waals surface area contributed by atoms with Crippen molar-refractivity contribution in [2.24, 2.45) is 0 Å². The van der Waals surface area contributed by atoms with Crippen LogP contribution in [0.15, 0.2) is 24.3 Å². The van der Waals surface area contributed by atoms with Crippen LogP contribution in [0.4, 0.5) is 5.69 Å². The summed E-state index contributed by atoms with van der Waals surface area (Å²) in [4.78, 5) is 0.